The van der Waals surface area contributed by atoms with Crippen molar-refractivity contribution >= 4 is 27.5 Å². The normalized spacial score (nSPS) is 10.6. The Morgan fingerprint density at radius 3 is 2.42 bits per heavy atom. The van der Waals surface area contributed by atoms with E-state index >= 15 is 0 Å². The zero-order valence-corrected chi connectivity index (χ0v) is 13.1. The quantitative estimate of drug-likeness (QED) is 0.892. The van der Waals surface area contributed by atoms with Crippen molar-refractivity contribution in [2.24, 2.45) is 7.05 Å². The molecule has 1 aromatic carbocycles. The van der Waals surface area contributed by atoms with Gasteiger partial charge < -0.3 is 9.88 Å². The Morgan fingerprint density at radius 2 is 1.89 bits per heavy atom. The third-order valence-corrected chi connectivity index (χ3v) is 4.05. The maximum Gasteiger partial charge on any atom is 0.257 e. The number of aryl methyl sites for hydroxylation is 2. The van der Waals surface area contributed by atoms with Gasteiger partial charge in [0.25, 0.3) is 5.91 Å². The van der Waals surface area contributed by atoms with Gasteiger partial charge in [-0.25, -0.2) is 0 Å². The largest absolute Gasteiger partial charge is 0.351 e. The molecular weight excluding hydrogens is 304 g/mol. The number of nitrogens with one attached hydrogen (secondary N) is 1. The number of benzene rings is 1. The fraction of sp³-hybridized carbons (Fsp3) is 0.267. The second-order valence-electron chi connectivity index (χ2n) is 4.78. The Hall–Kier alpha value is -1.55. The minimum Gasteiger partial charge on any atom is -0.351 e. The zero-order valence-electron chi connectivity index (χ0n) is 11.5. The molecule has 0 unspecified atom stereocenters. The van der Waals surface area contributed by atoms with E-state index in [0.29, 0.717) is 5.56 Å². The van der Waals surface area contributed by atoms with Gasteiger partial charge in [0, 0.05) is 22.9 Å². The van der Waals surface area contributed by atoms with Crippen LogP contribution in [0.4, 0.5) is 5.69 Å². The summed E-state index contributed by atoms with van der Waals surface area (Å²) in [5.41, 5.74) is 4.70. The van der Waals surface area contributed by atoms with E-state index in [1.165, 1.54) is 0 Å². The summed E-state index contributed by atoms with van der Waals surface area (Å²) < 4.78 is 2.91. The van der Waals surface area contributed by atoms with E-state index in [9.17, 15) is 4.79 Å². The van der Waals surface area contributed by atoms with Crippen LogP contribution < -0.4 is 5.32 Å². The Balaban J connectivity index is 2.28. The van der Waals surface area contributed by atoms with Crippen molar-refractivity contribution < 1.29 is 4.79 Å². The Bertz CT molecular complexity index is 644. The average molecular weight is 321 g/mol. The first kappa shape index (κ1) is 13.9. The van der Waals surface area contributed by atoms with Crippen LogP contribution >= 0.6 is 15.9 Å². The number of hydrogen-bond acceptors (Lipinski definition) is 1. The van der Waals surface area contributed by atoms with E-state index in [-0.39, 0.29) is 5.91 Å². The number of halogens is 1. The van der Waals surface area contributed by atoms with E-state index < -0.39 is 0 Å². The highest BCUT2D eigenvalue weighted by Crippen LogP contribution is 2.24. The van der Waals surface area contributed by atoms with Crippen LogP contribution in [-0.4, -0.2) is 10.5 Å². The first-order valence-electron chi connectivity index (χ1n) is 6.10. The highest BCUT2D eigenvalue weighted by atomic mass is 79.9. The van der Waals surface area contributed by atoms with Crippen LogP contribution in [0.15, 0.2) is 28.7 Å². The molecule has 0 aliphatic rings. The molecule has 100 valence electrons. The number of nitrogens with zero attached hydrogens (tertiary/aromatic N) is 1. The molecule has 3 nitrogen and oxygen atoms in total. The van der Waals surface area contributed by atoms with Crippen LogP contribution in [0.5, 0.6) is 0 Å². The molecule has 0 aliphatic heterocycles. The van der Waals surface area contributed by atoms with Crippen LogP contribution in [0.25, 0.3) is 0 Å². The molecule has 0 atom stereocenters. The van der Waals surface area contributed by atoms with Crippen molar-refractivity contribution in [1.29, 1.82) is 0 Å². The fourth-order valence-corrected chi connectivity index (χ4v) is 2.59. The highest BCUT2D eigenvalue weighted by molar-refractivity contribution is 9.10. The Labute approximate surface area is 121 Å². The Morgan fingerprint density at radius 1 is 1.21 bits per heavy atom. The van der Waals surface area contributed by atoms with Crippen molar-refractivity contribution in [1.82, 2.24) is 4.57 Å². The SMILES string of the molecule is Cc1ccc(NC(=O)c2cc(C)n(C)c2C)c(Br)c1. The second-order valence-corrected chi connectivity index (χ2v) is 5.64. The van der Waals surface area contributed by atoms with Gasteiger partial charge in [0.05, 0.1) is 11.3 Å². The summed E-state index contributed by atoms with van der Waals surface area (Å²) in [5, 5.41) is 2.94. The molecule has 1 heterocycles. The van der Waals surface area contributed by atoms with Crippen molar-refractivity contribution in [3.05, 3.63) is 51.3 Å². The van der Waals surface area contributed by atoms with Crippen molar-refractivity contribution in [3.63, 3.8) is 0 Å². The number of rotatable bonds is 2. The maximum atomic E-state index is 12.3. The minimum atomic E-state index is -0.0780. The van der Waals surface area contributed by atoms with E-state index in [4.69, 9.17) is 0 Å². The van der Waals surface area contributed by atoms with Crippen LogP contribution in [0, 0.1) is 20.8 Å². The lowest BCUT2D eigenvalue weighted by molar-refractivity contribution is 0.102. The monoisotopic (exact) mass is 320 g/mol. The van der Waals surface area contributed by atoms with Gasteiger partial charge in [0.15, 0.2) is 0 Å². The van der Waals surface area contributed by atoms with Gasteiger partial charge in [-0.3, -0.25) is 4.79 Å². The summed E-state index contributed by atoms with van der Waals surface area (Å²) in [4.78, 5) is 12.3. The van der Waals surface area contributed by atoms with Crippen molar-refractivity contribution in [3.8, 4) is 0 Å². The third kappa shape index (κ3) is 2.73. The standard InChI is InChI=1S/C15H17BrN2O/c1-9-5-6-14(13(16)7-9)17-15(19)12-8-10(2)18(4)11(12)3/h5-8H,1-4H3,(H,17,19). The maximum absolute atomic E-state index is 12.3. The molecule has 2 rings (SSSR count). The molecule has 0 bridgehead atoms. The summed E-state index contributed by atoms with van der Waals surface area (Å²) in [6, 6.07) is 7.78. The first-order valence-corrected chi connectivity index (χ1v) is 6.90. The molecule has 4 heteroatoms. The van der Waals surface area contributed by atoms with E-state index in [2.05, 4.69) is 21.2 Å². The molecule has 0 saturated heterocycles. The van der Waals surface area contributed by atoms with Crippen molar-refractivity contribution in [2.75, 3.05) is 5.32 Å². The smallest absolute Gasteiger partial charge is 0.257 e. The lowest BCUT2D eigenvalue weighted by Gasteiger charge is -2.08. The van der Waals surface area contributed by atoms with Crippen LogP contribution in [0.2, 0.25) is 0 Å². The van der Waals surface area contributed by atoms with Gasteiger partial charge >= 0.3 is 0 Å². The third-order valence-electron chi connectivity index (χ3n) is 3.39. The fourth-order valence-electron chi connectivity index (χ4n) is 2.00. The molecule has 1 amide bonds. The van der Waals surface area contributed by atoms with Gasteiger partial charge in [0.2, 0.25) is 0 Å². The number of hydrogen-bond donors (Lipinski definition) is 1. The predicted molar refractivity (Wildman–Crippen MR) is 81.7 cm³/mol. The molecule has 19 heavy (non-hydrogen) atoms. The molecule has 1 aromatic heterocycles. The molecule has 0 aliphatic carbocycles. The molecule has 2 aromatic rings. The predicted octanol–water partition coefficient (Wildman–Crippen LogP) is 3.97. The Kier molecular flexibility index (Phi) is 3.80. The summed E-state index contributed by atoms with van der Waals surface area (Å²) in [6.07, 6.45) is 0. The topological polar surface area (TPSA) is 34.0 Å². The molecule has 0 fully saturated rings. The number of aromatic nitrogens is 1. The second kappa shape index (κ2) is 5.21. The van der Waals surface area contributed by atoms with Gasteiger partial charge in [-0.15, -0.1) is 0 Å². The van der Waals surface area contributed by atoms with Gasteiger partial charge in [-0.2, -0.15) is 0 Å². The highest BCUT2D eigenvalue weighted by Gasteiger charge is 2.14. The molecule has 0 spiro atoms. The van der Waals surface area contributed by atoms with Gasteiger partial charge in [-0.05, 0) is 60.5 Å². The van der Waals surface area contributed by atoms with Gasteiger partial charge in [0.1, 0.15) is 0 Å². The van der Waals surface area contributed by atoms with E-state index in [0.717, 1.165) is 27.1 Å². The van der Waals surface area contributed by atoms with Crippen LogP contribution in [-0.2, 0) is 7.05 Å². The van der Waals surface area contributed by atoms with E-state index in [1.54, 1.807) is 0 Å². The minimum absolute atomic E-state index is 0.0780. The lowest BCUT2D eigenvalue weighted by atomic mass is 10.2. The summed E-state index contributed by atoms with van der Waals surface area (Å²) in [7, 11) is 1.96. The van der Waals surface area contributed by atoms with Crippen LogP contribution in [0.1, 0.15) is 27.3 Å². The number of anilines is 1. The van der Waals surface area contributed by atoms with E-state index in [1.807, 2.05) is 56.7 Å². The summed E-state index contributed by atoms with van der Waals surface area (Å²) >= 11 is 3.47. The summed E-state index contributed by atoms with van der Waals surface area (Å²) in [6.45, 7) is 5.96. The lowest BCUT2D eigenvalue weighted by Crippen LogP contribution is -2.13. The summed E-state index contributed by atoms with van der Waals surface area (Å²) in [5.74, 6) is -0.0780. The number of carbonyl (C=O) groups excluding carboxylic acids is 1. The first-order chi connectivity index (χ1) is 8.90. The zero-order chi connectivity index (χ0) is 14.2. The number of carbonyl (C=O) groups is 1. The van der Waals surface area contributed by atoms with Gasteiger partial charge in [-0.1, -0.05) is 6.07 Å². The molecule has 0 radical (unpaired) electrons. The molecule has 1 N–H and O–H groups in total. The van der Waals surface area contributed by atoms with Crippen LogP contribution in [0.3, 0.4) is 0 Å². The number of amides is 1. The molecular formula is C15H17BrN2O. The molecule has 0 saturated carbocycles. The average Bonchev–Trinajstić information content (AvgIpc) is 2.60. The van der Waals surface area contributed by atoms with Crippen molar-refractivity contribution in [2.45, 2.75) is 20.8 Å².